The van der Waals surface area contributed by atoms with Crippen LogP contribution in [-0.2, 0) is 14.3 Å². The number of hydrogen-bond donors (Lipinski definition) is 0. The van der Waals surface area contributed by atoms with E-state index in [0.717, 1.165) is 67.2 Å². The summed E-state index contributed by atoms with van der Waals surface area (Å²) in [7, 11) is 1.48. The van der Waals surface area contributed by atoms with Crippen LogP contribution >= 0.6 is 11.3 Å². The van der Waals surface area contributed by atoms with Crippen LogP contribution in [0.25, 0.3) is 10.6 Å². The summed E-state index contributed by atoms with van der Waals surface area (Å²) in [4.78, 5) is 14.3. The number of piperidine rings is 1. The first-order chi connectivity index (χ1) is 16.7. The maximum absolute atomic E-state index is 11.8. The largest absolute Gasteiger partial charge is 0.469 e. The molecule has 1 aliphatic heterocycles. The molecule has 0 amide bonds. The Hall–Kier alpha value is -1.99. The Balaban J connectivity index is 1.13. The highest BCUT2D eigenvalue weighted by atomic mass is 32.1. The minimum atomic E-state index is -0.0718. The Kier molecular flexibility index (Phi) is 7.80. The molecule has 2 heterocycles. The van der Waals surface area contributed by atoms with Crippen LogP contribution in [-0.4, -0.2) is 48.6 Å². The van der Waals surface area contributed by atoms with E-state index >= 15 is 0 Å². The van der Waals surface area contributed by atoms with E-state index < -0.39 is 0 Å². The molecule has 6 nitrogen and oxygen atoms in total. The minimum Gasteiger partial charge on any atom is -0.469 e. The maximum atomic E-state index is 11.8. The number of ether oxygens (including phenoxy) is 2. The smallest absolute Gasteiger partial charge is 0.308 e. The zero-order chi connectivity index (χ0) is 23.3. The van der Waals surface area contributed by atoms with Gasteiger partial charge >= 0.3 is 5.97 Å². The molecule has 0 radical (unpaired) electrons. The van der Waals surface area contributed by atoms with Crippen LogP contribution in [0.2, 0.25) is 0 Å². The Morgan fingerprint density at radius 3 is 2.24 bits per heavy atom. The number of nitrogens with zero attached hydrogens (tertiary/aromatic N) is 3. The summed E-state index contributed by atoms with van der Waals surface area (Å²) in [5, 5.41) is 11.1. The highest BCUT2D eigenvalue weighted by Crippen LogP contribution is 2.39. The number of hydrogen-bond acceptors (Lipinski definition) is 7. The first kappa shape index (κ1) is 23.7. The summed E-state index contributed by atoms with van der Waals surface area (Å²) in [5.74, 6) is 0.381. The van der Waals surface area contributed by atoms with Gasteiger partial charge in [-0.2, -0.15) is 0 Å². The van der Waals surface area contributed by atoms with Gasteiger partial charge in [0, 0.05) is 30.3 Å². The molecular formula is C27H37N3O3S. The van der Waals surface area contributed by atoms with Crippen LogP contribution in [0.5, 0.6) is 0 Å². The van der Waals surface area contributed by atoms with E-state index in [2.05, 4.69) is 39.4 Å². The SMILES string of the molecule is COC(=O)[C@H]1CC[C@H](c2nnc(-c3ccc(N4CCC(OC5CCCCC5)CC4)cc3)s2)CC1. The molecule has 0 atom stereocenters. The molecule has 2 aromatic rings. The second-order valence-corrected chi connectivity index (χ2v) is 11.2. The van der Waals surface area contributed by atoms with Crippen molar-refractivity contribution in [2.24, 2.45) is 5.92 Å². The highest BCUT2D eigenvalue weighted by molar-refractivity contribution is 7.14. The lowest BCUT2D eigenvalue weighted by molar-refractivity contribution is -0.146. The normalized spacial score (nSPS) is 24.8. The number of esters is 1. The summed E-state index contributed by atoms with van der Waals surface area (Å²) in [5.41, 5.74) is 2.41. The second kappa shape index (κ2) is 11.2. The number of aromatic nitrogens is 2. The molecule has 184 valence electrons. The number of benzene rings is 1. The Labute approximate surface area is 207 Å². The summed E-state index contributed by atoms with van der Waals surface area (Å²) < 4.78 is 11.3. The van der Waals surface area contributed by atoms with E-state index in [9.17, 15) is 4.79 Å². The lowest BCUT2D eigenvalue weighted by Gasteiger charge is -2.36. The molecule has 34 heavy (non-hydrogen) atoms. The molecule has 7 heteroatoms. The fourth-order valence-corrected chi connectivity index (χ4v) is 6.81. The summed E-state index contributed by atoms with van der Waals surface area (Å²) in [6, 6.07) is 8.80. The quantitative estimate of drug-likeness (QED) is 0.472. The van der Waals surface area contributed by atoms with E-state index in [1.807, 2.05) is 0 Å². The summed E-state index contributed by atoms with van der Waals surface area (Å²) >= 11 is 1.70. The monoisotopic (exact) mass is 483 g/mol. The lowest BCUT2D eigenvalue weighted by Crippen LogP contribution is -2.38. The van der Waals surface area contributed by atoms with Gasteiger partial charge in [-0.25, -0.2) is 0 Å². The van der Waals surface area contributed by atoms with Crippen molar-refractivity contribution in [1.82, 2.24) is 10.2 Å². The van der Waals surface area contributed by atoms with Crippen LogP contribution in [0, 0.1) is 5.92 Å². The van der Waals surface area contributed by atoms with Crippen molar-refractivity contribution >= 4 is 23.0 Å². The number of carbonyl (C=O) groups excluding carboxylic acids is 1. The molecule has 3 fully saturated rings. The van der Waals surface area contributed by atoms with Crippen LogP contribution in [0.1, 0.15) is 81.6 Å². The van der Waals surface area contributed by atoms with Crippen molar-refractivity contribution in [1.29, 1.82) is 0 Å². The number of carbonyl (C=O) groups is 1. The van der Waals surface area contributed by atoms with Crippen molar-refractivity contribution in [2.45, 2.75) is 88.8 Å². The average molecular weight is 484 g/mol. The van der Waals surface area contributed by atoms with Crippen LogP contribution < -0.4 is 4.90 Å². The molecule has 1 saturated heterocycles. The third-order valence-corrected chi connectivity index (χ3v) is 9.04. The third-order valence-electron chi connectivity index (χ3n) is 7.91. The maximum Gasteiger partial charge on any atom is 0.308 e. The van der Waals surface area contributed by atoms with Crippen molar-refractivity contribution in [3.05, 3.63) is 29.3 Å². The fourth-order valence-electron chi connectivity index (χ4n) is 5.80. The Morgan fingerprint density at radius 1 is 0.882 bits per heavy atom. The van der Waals surface area contributed by atoms with Crippen molar-refractivity contribution < 1.29 is 14.3 Å². The standard InChI is InChI=1S/C27H37N3O3S/c1-32-27(31)21-9-7-19(8-10-21)25-28-29-26(34-25)20-11-13-22(14-12-20)30-17-15-24(16-18-30)33-23-5-3-2-4-6-23/h11-14,19,21,23-24H,2-10,15-18H2,1H3/t19-,21-. The minimum absolute atomic E-state index is 0.0464. The van der Waals surface area contributed by atoms with Gasteiger partial charge in [-0.05, 0) is 75.6 Å². The third kappa shape index (κ3) is 5.62. The molecule has 0 N–H and O–H groups in total. The molecule has 1 aromatic carbocycles. The number of anilines is 1. The number of methoxy groups -OCH3 is 1. The van der Waals surface area contributed by atoms with Gasteiger partial charge in [0.2, 0.25) is 0 Å². The molecule has 0 bridgehead atoms. The predicted octanol–water partition coefficient (Wildman–Crippen LogP) is 5.97. The molecule has 2 saturated carbocycles. The summed E-state index contributed by atoms with van der Waals surface area (Å²) in [6.45, 7) is 2.13. The van der Waals surface area contributed by atoms with Crippen LogP contribution in [0.3, 0.4) is 0 Å². The van der Waals surface area contributed by atoms with Gasteiger partial charge in [0.1, 0.15) is 10.0 Å². The average Bonchev–Trinajstić information content (AvgIpc) is 3.40. The molecule has 2 aliphatic carbocycles. The first-order valence-corrected chi connectivity index (χ1v) is 13.9. The molecule has 0 spiro atoms. The van der Waals surface area contributed by atoms with Gasteiger partial charge in [-0.3, -0.25) is 4.79 Å². The highest BCUT2D eigenvalue weighted by Gasteiger charge is 2.29. The molecule has 5 rings (SSSR count). The van der Waals surface area contributed by atoms with Gasteiger partial charge in [0.15, 0.2) is 0 Å². The predicted molar refractivity (Wildman–Crippen MR) is 135 cm³/mol. The molecule has 1 aromatic heterocycles. The van der Waals surface area contributed by atoms with Gasteiger partial charge in [-0.15, -0.1) is 10.2 Å². The van der Waals surface area contributed by atoms with Gasteiger partial charge in [-0.1, -0.05) is 30.6 Å². The van der Waals surface area contributed by atoms with E-state index in [0.29, 0.717) is 18.1 Å². The molecule has 3 aliphatic rings. The van der Waals surface area contributed by atoms with Crippen molar-refractivity contribution in [2.75, 3.05) is 25.1 Å². The zero-order valence-electron chi connectivity index (χ0n) is 20.3. The Bertz CT molecular complexity index is 925. The van der Waals surface area contributed by atoms with Gasteiger partial charge in [0.05, 0.1) is 25.2 Å². The topological polar surface area (TPSA) is 64.5 Å². The Morgan fingerprint density at radius 2 is 1.56 bits per heavy atom. The fraction of sp³-hybridized carbons (Fsp3) is 0.667. The van der Waals surface area contributed by atoms with E-state index in [1.54, 1.807) is 11.3 Å². The summed E-state index contributed by atoms with van der Waals surface area (Å²) in [6.07, 6.45) is 13.5. The van der Waals surface area contributed by atoms with E-state index in [4.69, 9.17) is 9.47 Å². The lowest BCUT2D eigenvalue weighted by atomic mass is 9.82. The van der Waals surface area contributed by atoms with Crippen molar-refractivity contribution in [3.63, 3.8) is 0 Å². The first-order valence-electron chi connectivity index (χ1n) is 13.1. The van der Waals surface area contributed by atoms with Crippen molar-refractivity contribution in [3.8, 4) is 10.6 Å². The zero-order valence-corrected chi connectivity index (χ0v) is 21.1. The van der Waals surface area contributed by atoms with E-state index in [1.165, 1.54) is 44.9 Å². The van der Waals surface area contributed by atoms with Gasteiger partial charge in [0.25, 0.3) is 0 Å². The van der Waals surface area contributed by atoms with Gasteiger partial charge < -0.3 is 14.4 Å². The van der Waals surface area contributed by atoms with Crippen LogP contribution in [0.15, 0.2) is 24.3 Å². The number of rotatable bonds is 6. The van der Waals surface area contributed by atoms with E-state index in [-0.39, 0.29) is 11.9 Å². The second-order valence-electron chi connectivity index (χ2n) is 10.1. The molecular weight excluding hydrogens is 446 g/mol. The molecule has 0 unspecified atom stereocenters. The van der Waals surface area contributed by atoms with Crippen LogP contribution in [0.4, 0.5) is 5.69 Å².